The predicted octanol–water partition coefficient (Wildman–Crippen LogP) is 5.17. The van der Waals surface area contributed by atoms with Crippen molar-refractivity contribution in [1.29, 1.82) is 0 Å². The third-order valence-electron chi connectivity index (χ3n) is 5.28. The Hall–Kier alpha value is -2.29. The van der Waals surface area contributed by atoms with Gasteiger partial charge in [-0.15, -0.1) is 0 Å². The molecule has 0 aliphatic heterocycles. The number of rotatable bonds is 5. The van der Waals surface area contributed by atoms with E-state index in [1.807, 2.05) is 0 Å². The highest BCUT2D eigenvalue weighted by Crippen LogP contribution is 2.26. The van der Waals surface area contributed by atoms with E-state index in [1.165, 1.54) is 54.7 Å². The Kier molecular flexibility index (Phi) is 4.73. The van der Waals surface area contributed by atoms with E-state index in [-0.39, 0.29) is 0 Å². The Morgan fingerprint density at radius 3 is 2.60 bits per heavy atom. The lowest BCUT2D eigenvalue weighted by Gasteiger charge is -2.24. The highest BCUT2D eigenvalue weighted by molar-refractivity contribution is 5.56. The summed E-state index contributed by atoms with van der Waals surface area (Å²) in [5, 5.41) is 3.84. The van der Waals surface area contributed by atoms with Gasteiger partial charge < -0.3 is 5.32 Å². The van der Waals surface area contributed by atoms with Gasteiger partial charge in [0.15, 0.2) is 0 Å². The molecule has 1 aliphatic rings. The summed E-state index contributed by atoms with van der Waals surface area (Å²) >= 11 is 0. The highest BCUT2D eigenvalue weighted by atomic mass is 15.1. The molecule has 1 fully saturated rings. The van der Waals surface area contributed by atoms with Crippen LogP contribution < -0.4 is 5.32 Å². The van der Waals surface area contributed by atoms with Crippen LogP contribution in [0, 0.1) is 6.92 Å². The number of nitrogens with zero attached hydrogens (tertiary/aromatic N) is 2. The highest BCUT2D eigenvalue weighted by Gasteiger charge is 2.18. The maximum Gasteiger partial charge on any atom is 0.138 e. The number of hydrogen-bond donors (Lipinski definition) is 1. The number of anilines is 1. The van der Waals surface area contributed by atoms with Gasteiger partial charge in [-0.2, -0.15) is 0 Å². The Morgan fingerprint density at radius 2 is 1.80 bits per heavy atom. The van der Waals surface area contributed by atoms with E-state index < -0.39 is 0 Å². The predicted molar refractivity (Wildman–Crippen MR) is 104 cm³/mol. The lowest BCUT2D eigenvalue weighted by Crippen LogP contribution is -2.23. The van der Waals surface area contributed by atoms with Crippen LogP contribution in [0.2, 0.25) is 0 Å². The monoisotopic (exact) mass is 333 g/mol. The van der Waals surface area contributed by atoms with Crippen LogP contribution in [-0.4, -0.2) is 15.4 Å². The van der Waals surface area contributed by atoms with E-state index in [0.29, 0.717) is 6.04 Å². The van der Waals surface area contributed by atoms with Crippen molar-refractivity contribution >= 4 is 11.5 Å². The zero-order valence-electron chi connectivity index (χ0n) is 15.0. The molecule has 2 heterocycles. The summed E-state index contributed by atoms with van der Waals surface area (Å²) in [6.07, 6.45) is 10.8. The quantitative estimate of drug-likeness (QED) is 0.698. The van der Waals surface area contributed by atoms with Crippen molar-refractivity contribution in [2.75, 3.05) is 5.32 Å². The van der Waals surface area contributed by atoms with Crippen LogP contribution in [0.25, 0.3) is 5.65 Å². The zero-order chi connectivity index (χ0) is 17.1. The molecule has 4 rings (SSSR count). The van der Waals surface area contributed by atoms with Gasteiger partial charge in [-0.3, -0.25) is 4.40 Å². The average molecular weight is 333 g/mol. The van der Waals surface area contributed by atoms with Gasteiger partial charge in [0.1, 0.15) is 11.5 Å². The fourth-order valence-corrected chi connectivity index (χ4v) is 3.87. The first-order valence-corrected chi connectivity index (χ1v) is 9.57. The minimum absolute atomic E-state index is 0.588. The lowest BCUT2D eigenvalue weighted by atomic mass is 9.95. The molecule has 3 aromatic rings. The summed E-state index contributed by atoms with van der Waals surface area (Å²) in [6.45, 7) is 2.15. The second-order valence-corrected chi connectivity index (χ2v) is 7.31. The van der Waals surface area contributed by atoms with Gasteiger partial charge in [-0.05, 0) is 49.8 Å². The summed E-state index contributed by atoms with van der Waals surface area (Å²) in [5.74, 6) is 1.21. The third-order valence-corrected chi connectivity index (χ3v) is 5.28. The van der Waals surface area contributed by atoms with Gasteiger partial charge in [0, 0.05) is 12.2 Å². The van der Waals surface area contributed by atoms with E-state index in [9.17, 15) is 0 Å². The Bertz CT molecular complexity index is 829. The molecule has 0 amide bonds. The summed E-state index contributed by atoms with van der Waals surface area (Å²) in [4.78, 5) is 4.93. The minimum Gasteiger partial charge on any atom is -0.367 e. The first-order valence-electron chi connectivity index (χ1n) is 9.57. The molecule has 0 spiro atoms. The van der Waals surface area contributed by atoms with Crippen LogP contribution in [0.4, 0.5) is 5.82 Å². The SMILES string of the molecule is Cc1ccc2nc(CCc3ccccc3)c(NC3CCCCC3)n2c1. The van der Waals surface area contributed by atoms with Gasteiger partial charge in [0.05, 0.1) is 5.69 Å². The van der Waals surface area contributed by atoms with E-state index in [1.54, 1.807) is 0 Å². The third kappa shape index (κ3) is 3.71. The number of hydrogen-bond acceptors (Lipinski definition) is 2. The van der Waals surface area contributed by atoms with Crippen LogP contribution in [0.3, 0.4) is 0 Å². The van der Waals surface area contributed by atoms with Crippen LogP contribution in [0.1, 0.15) is 48.9 Å². The van der Waals surface area contributed by atoms with Gasteiger partial charge in [-0.25, -0.2) is 4.98 Å². The molecule has 25 heavy (non-hydrogen) atoms. The molecule has 0 atom stereocenters. The number of imidazole rings is 1. The molecule has 0 radical (unpaired) electrons. The number of pyridine rings is 1. The molecule has 3 nitrogen and oxygen atoms in total. The molecule has 0 saturated heterocycles. The van der Waals surface area contributed by atoms with E-state index in [4.69, 9.17) is 4.98 Å². The maximum absolute atomic E-state index is 4.93. The van der Waals surface area contributed by atoms with Gasteiger partial charge in [0.2, 0.25) is 0 Å². The van der Waals surface area contributed by atoms with Crippen molar-refractivity contribution in [3.63, 3.8) is 0 Å². The average Bonchev–Trinajstić information content (AvgIpc) is 2.99. The molecule has 0 unspecified atom stereocenters. The molecule has 1 saturated carbocycles. The Labute approximate surface area is 150 Å². The molecule has 1 aliphatic carbocycles. The fourth-order valence-electron chi connectivity index (χ4n) is 3.87. The maximum atomic E-state index is 4.93. The normalized spacial score (nSPS) is 15.6. The zero-order valence-corrected chi connectivity index (χ0v) is 15.0. The van der Waals surface area contributed by atoms with Crippen LogP contribution in [0.15, 0.2) is 48.7 Å². The van der Waals surface area contributed by atoms with Gasteiger partial charge in [0.25, 0.3) is 0 Å². The number of benzene rings is 1. The van der Waals surface area contributed by atoms with Crippen molar-refractivity contribution in [3.05, 3.63) is 65.5 Å². The van der Waals surface area contributed by atoms with Gasteiger partial charge >= 0.3 is 0 Å². The van der Waals surface area contributed by atoms with Gasteiger partial charge in [-0.1, -0.05) is 55.7 Å². The number of aryl methyl sites for hydroxylation is 3. The topological polar surface area (TPSA) is 29.3 Å². The first-order chi connectivity index (χ1) is 12.3. The van der Waals surface area contributed by atoms with E-state index in [2.05, 4.69) is 65.3 Å². The van der Waals surface area contributed by atoms with Crippen molar-refractivity contribution < 1.29 is 0 Å². The molecular weight excluding hydrogens is 306 g/mol. The first kappa shape index (κ1) is 16.2. The molecule has 1 N–H and O–H groups in total. The van der Waals surface area contributed by atoms with Crippen molar-refractivity contribution in [2.24, 2.45) is 0 Å². The molecule has 1 aromatic carbocycles. The van der Waals surface area contributed by atoms with Crippen molar-refractivity contribution in [2.45, 2.75) is 57.9 Å². The summed E-state index contributed by atoms with van der Waals surface area (Å²) in [5.41, 5.74) is 4.89. The summed E-state index contributed by atoms with van der Waals surface area (Å²) in [6, 6.07) is 15.6. The summed E-state index contributed by atoms with van der Waals surface area (Å²) in [7, 11) is 0. The second kappa shape index (κ2) is 7.30. The standard InChI is InChI=1S/C22H27N3/c1-17-12-15-21-24-20(14-13-18-8-4-2-5-9-18)22(25(21)16-17)23-19-10-6-3-7-11-19/h2,4-5,8-9,12,15-16,19,23H,3,6-7,10-11,13-14H2,1H3. The molecule has 2 aromatic heterocycles. The largest absolute Gasteiger partial charge is 0.367 e. The van der Waals surface area contributed by atoms with Crippen LogP contribution in [0.5, 0.6) is 0 Å². The molecule has 0 bridgehead atoms. The lowest BCUT2D eigenvalue weighted by molar-refractivity contribution is 0.461. The number of nitrogens with one attached hydrogen (secondary N) is 1. The van der Waals surface area contributed by atoms with Crippen molar-refractivity contribution in [1.82, 2.24) is 9.38 Å². The summed E-state index contributed by atoms with van der Waals surface area (Å²) < 4.78 is 2.25. The molecule has 3 heteroatoms. The minimum atomic E-state index is 0.588. The van der Waals surface area contributed by atoms with E-state index >= 15 is 0 Å². The molecule has 130 valence electrons. The van der Waals surface area contributed by atoms with E-state index in [0.717, 1.165) is 18.5 Å². The Balaban J connectivity index is 1.63. The van der Waals surface area contributed by atoms with Crippen molar-refractivity contribution in [3.8, 4) is 0 Å². The number of fused-ring (bicyclic) bond motifs is 1. The number of aromatic nitrogens is 2. The van der Waals surface area contributed by atoms with Crippen LogP contribution >= 0.6 is 0 Å². The van der Waals surface area contributed by atoms with Crippen LogP contribution in [-0.2, 0) is 12.8 Å². The fraction of sp³-hybridized carbons (Fsp3) is 0.409. The second-order valence-electron chi connectivity index (χ2n) is 7.31. The molecular formula is C22H27N3. The smallest absolute Gasteiger partial charge is 0.138 e. The Morgan fingerprint density at radius 1 is 1.00 bits per heavy atom.